The van der Waals surface area contributed by atoms with Crippen LogP contribution in [0.1, 0.15) is 6.92 Å². The maximum absolute atomic E-state index is 11.4. The lowest BCUT2D eigenvalue weighted by Gasteiger charge is -2.09. The standard InChI is InChI=1S/C11H13IN2O3/c1-7(10(15)16)6-13-11(17)14-9-4-2-8(12)3-5-9/h2-5,7H,6H2,1H3,(H,15,16)(H2,13,14,17). The number of urea groups is 1. The number of aliphatic carboxylic acids is 1. The highest BCUT2D eigenvalue weighted by Crippen LogP contribution is 2.10. The van der Waals surface area contributed by atoms with Crippen LogP contribution >= 0.6 is 22.6 Å². The number of amides is 2. The maximum Gasteiger partial charge on any atom is 0.319 e. The first-order valence-electron chi connectivity index (χ1n) is 5.02. The van der Waals surface area contributed by atoms with Crippen molar-refractivity contribution in [3.8, 4) is 0 Å². The highest BCUT2D eigenvalue weighted by molar-refractivity contribution is 14.1. The van der Waals surface area contributed by atoms with Crippen LogP contribution in [0.15, 0.2) is 24.3 Å². The van der Waals surface area contributed by atoms with Crippen LogP contribution in [0.4, 0.5) is 10.5 Å². The van der Waals surface area contributed by atoms with E-state index in [1.54, 1.807) is 12.1 Å². The summed E-state index contributed by atoms with van der Waals surface area (Å²) in [5.41, 5.74) is 0.672. The Morgan fingerprint density at radius 3 is 2.47 bits per heavy atom. The molecule has 6 heteroatoms. The van der Waals surface area contributed by atoms with Crippen molar-refractivity contribution in [2.75, 3.05) is 11.9 Å². The molecule has 3 N–H and O–H groups in total. The molecule has 0 aliphatic heterocycles. The SMILES string of the molecule is CC(CNC(=O)Nc1ccc(I)cc1)C(=O)O. The van der Waals surface area contributed by atoms with E-state index in [4.69, 9.17) is 5.11 Å². The molecule has 0 aliphatic carbocycles. The lowest BCUT2D eigenvalue weighted by atomic mass is 10.2. The highest BCUT2D eigenvalue weighted by atomic mass is 127. The van der Waals surface area contributed by atoms with Crippen molar-refractivity contribution in [1.82, 2.24) is 5.32 Å². The molecule has 1 atom stereocenters. The van der Waals surface area contributed by atoms with Gasteiger partial charge in [-0.15, -0.1) is 0 Å². The quantitative estimate of drug-likeness (QED) is 0.730. The van der Waals surface area contributed by atoms with Gasteiger partial charge in [0.15, 0.2) is 0 Å². The van der Waals surface area contributed by atoms with Crippen LogP contribution in [0.3, 0.4) is 0 Å². The van der Waals surface area contributed by atoms with E-state index in [2.05, 4.69) is 33.2 Å². The summed E-state index contributed by atoms with van der Waals surface area (Å²) in [6.45, 7) is 1.64. The van der Waals surface area contributed by atoms with E-state index in [1.807, 2.05) is 12.1 Å². The normalized spacial score (nSPS) is 11.6. The molecule has 1 aromatic rings. The zero-order chi connectivity index (χ0) is 12.8. The van der Waals surface area contributed by atoms with Crippen molar-refractivity contribution in [2.24, 2.45) is 5.92 Å². The van der Waals surface area contributed by atoms with Gasteiger partial charge in [-0.3, -0.25) is 4.79 Å². The van der Waals surface area contributed by atoms with Gasteiger partial charge in [-0.2, -0.15) is 0 Å². The molecule has 0 aromatic heterocycles. The van der Waals surface area contributed by atoms with Crippen molar-refractivity contribution in [1.29, 1.82) is 0 Å². The van der Waals surface area contributed by atoms with Crippen molar-refractivity contribution < 1.29 is 14.7 Å². The van der Waals surface area contributed by atoms with E-state index in [9.17, 15) is 9.59 Å². The number of benzene rings is 1. The Hall–Kier alpha value is -1.31. The Kier molecular flexibility index (Phi) is 5.20. The minimum Gasteiger partial charge on any atom is -0.481 e. The molecule has 0 fully saturated rings. The van der Waals surface area contributed by atoms with Gasteiger partial charge in [-0.1, -0.05) is 6.92 Å². The van der Waals surface area contributed by atoms with Crippen molar-refractivity contribution in [2.45, 2.75) is 6.92 Å². The first-order chi connectivity index (χ1) is 7.99. The number of rotatable bonds is 4. The molecular weight excluding hydrogens is 335 g/mol. The van der Waals surface area contributed by atoms with Crippen LogP contribution in [-0.2, 0) is 4.79 Å². The van der Waals surface area contributed by atoms with Gasteiger partial charge in [-0.25, -0.2) is 4.79 Å². The fraction of sp³-hybridized carbons (Fsp3) is 0.273. The highest BCUT2D eigenvalue weighted by Gasteiger charge is 2.11. The minimum absolute atomic E-state index is 0.103. The predicted octanol–water partition coefficient (Wildman–Crippen LogP) is 2.13. The third kappa shape index (κ3) is 5.03. The van der Waals surface area contributed by atoms with Gasteiger partial charge >= 0.3 is 12.0 Å². The van der Waals surface area contributed by atoms with E-state index in [0.717, 1.165) is 3.57 Å². The van der Waals surface area contributed by atoms with E-state index in [-0.39, 0.29) is 6.54 Å². The lowest BCUT2D eigenvalue weighted by Crippen LogP contribution is -2.34. The second kappa shape index (κ2) is 6.43. The van der Waals surface area contributed by atoms with Gasteiger partial charge in [0.1, 0.15) is 0 Å². The molecule has 0 spiro atoms. The average molecular weight is 348 g/mol. The van der Waals surface area contributed by atoms with E-state index >= 15 is 0 Å². The number of carbonyl (C=O) groups excluding carboxylic acids is 1. The molecule has 0 saturated heterocycles. The van der Waals surface area contributed by atoms with E-state index in [1.165, 1.54) is 6.92 Å². The molecule has 17 heavy (non-hydrogen) atoms. The summed E-state index contributed by atoms with van der Waals surface area (Å²) in [4.78, 5) is 21.9. The first kappa shape index (κ1) is 13.8. The van der Waals surface area contributed by atoms with Crippen LogP contribution in [0, 0.1) is 9.49 Å². The summed E-state index contributed by atoms with van der Waals surface area (Å²) in [6, 6.07) is 6.90. The van der Waals surface area contributed by atoms with Crippen LogP contribution in [-0.4, -0.2) is 23.7 Å². The summed E-state index contributed by atoms with van der Waals surface area (Å²) in [6.07, 6.45) is 0. The smallest absolute Gasteiger partial charge is 0.319 e. The Balaban J connectivity index is 2.39. The first-order valence-corrected chi connectivity index (χ1v) is 6.10. The van der Waals surface area contributed by atoms with Gasteiger partial charge in [-0.05, 0) is 46.9 Å². The van der Waals surface area contributed by atoms with Gasteiger partial charge < -0.3 is 15.7 Å². The van der Waals surface area contributed by atoms with Gasteiger partial charge in [0.25, 0.3) is 0 Å². The minimum atomic E-state index is -0.931. The predicted molar refractivity (Wildman–Crippen MR) is 73.0 cm³/mol. The largest absolute Gasteiger partial charge is 0.481 e. The van der Waals surface area contributed by atoms with Gasteiger partial charge in [0.05, 0.1) is 5.92 Å². The third-order valence-electron chi connectivity index (χ3n) is 2.09. The monoisotopic (exact) mass is 348 g/mol. The molecule has 0 aliphatic rings. The molecule has 0 bridgehead atoms. The topological polar surface area (TPSA) is 78.4 Å². The van der Waals surface area contributed by atoms with Crippen molar-refractivity contribution in [3.05, 3.63) is 27.8 Å². The molecule has 2 amide bonds. The number of nitrogens with one attached hydrogen (secondary N) is 2. The average Bonchev–Trinajstić information content (AvgIpc) is 2.29. The summed E-state index contributed by atoms with van der Waals surface area (Å²) in [7, 11) is 0. The third-order valence-corrected chi connectivity index (χ3v) is 2.81. The fourth-order valence-corrected chi connectivity index (χ4v) is 1.40. The Labute approximate surface area is 113 Å². The number of hydrogen-bond donors (Lipinski definition) is 3. The summed E-state index contributed by atoms with van der Waals surface area (Å²) in [5.74, 6) is -1.53. The van der Waals surface area contributed by atoms with Crippen LogP contribution in [0.2, 0.25) is 0 Å². The van der Waals surface area contributed by atoms with Gasteiger partial charge in [0.2, 0.25) is 0 Å². The number of halogens is 1. The molecule has 1 aromatic carbocycles. The Morgan fingerprint density at radius 2 is 1.94 bits per heavy atom. The zero-order valence-electron chi connectivity index (χ0n) is 9.24. The van der Waals surface area contributed by atoms with E-state index < -0.39 is 17.9 Å². The van der Waals surface area contributed by atoms with Gasteiger partial charge in [0, 0.05) is 15.8 Å². The lowest BCUT2D eigenvalue weighted by molar-refractivity contribution is -0.140. The van der Waals surface area contributed by atoms with Crippen LogP contribution in [0.25, 0.3) is 0 Å². The molecule has 92 valence electrons. The number of hydrogen-bond acceptors (Lipinski definition) is 2. The molecule has 0 saturated carbocycles. The number of carboxylic acids is 1. The number of carbonyl (C=O) groups is 2. The van der Waals surface area contributed by atoms with Crippen LogP contribution < -0.4 is 10.6 Å². The molecule has 1 rings (SSSR count). The molecule has 5 nitrogen and oxygen atoms in total. The number of carboxylic acid groups (broad SMARTS) is 1. The molecular formula is C11H13IN2O3. The second-order valence-electron chi connectivity index (χ2n) is 3.58. The van der Waals surface area contributed by atoms with Crippen LogP contribution in [0.5, 0.6) is 0 Å². The van der Waals surface area contributed by atoms with E-state index in [0.29, 0.717) is 5.69 Å². The molecule has 0 radical (unpaired) electrons. The van der Waals surface area contributed by atoms with Crippen molar-refractivity contribution >= 4 is 40.3 Å². The second-order valence-corrected chi connectivity index (χ2v) is 4.83. The summed E-state index contributed by atoms with van der Waals surface area (Å²) < 4.78 is 1.08. The maximum atomic E-state index is 11.4. The Morgan fingerprint density at radius 1 is 1.35 bits per heavy atom. The summed E-state index contributed by atoms with van der Waals surface area (Å²) >= 11 is 2.17. The Bertz CT molecular complexity index is 406. The molecule has 0 heterocycles. The number of anilines is 1. The van der Waals surface area contributed by atoms with Crippen molar-refractivity contribution in [3.63, 3.8) is 0 Å². The zero-order valence-corrected chi connectivity index (χ0v) is 11.4. The molecule has 1 unspecified atom stereocenters. The fourth-order valence-electron chi connectivity index (χ4n) is 1.04. The summed E-state index contributed by atoms with van der Waals surface area (Å²) in [5, 5.41) is 13.8.